The second-order valence-electron chi connectivity index (χ2n) is 21.5. The molecule has 0 fully saturated rings. The van der Waals surface area contributed by atoms with Crippen LogP contribution in [0.3, 0.4) is 0 Å². The number of esters is 3. The fraction of sp³-hybridized carbons (Fsp3) is 0.951. The molecule has 0 aromatic carbocycles. The summed E-state index contributed by atoms with van der Waals surface area (Å²) < 4.78 is 16.9. The standard InChI is InChI=1S/C61H118O6/c1-5-7-9-11-13-15-17-19-20-21-22-23-24-29-32-36-40-44-48-52-59(62)65-55-58(67-61(64)54-50-46-42-38-34-27-18-16-14-12-10-8-6-2)56-66-60(63)53-49-45-41-37-33-30-26-25-28-31-35-39-43-47-51-57(3)4/h57-58H,5-56H2,1-4H3/t58-/m1/s1. The second-order valence-corrected chi connectivity index (χ2v) is 21.5. The number of carbonyl (C=O) groups is 3. The van der Waals surface area contributed by atoms with Crippen molar-refractivity contribution in [2.24, 2.45) is 5.92 Å². The maximum absolute atomic E-state index is 12.8. The van der Waals surface area contributed by atoms with Crippen LogP contribution in [0.1, 0.15) is 349 Å². The third-order valence-corrected chi connectivity index (χ3v) is 14.0. The van der Waals surface area contributed by atoms with Crippen LogP contribution in [-0.4, -0.2) is 37.2 Å². The Labute approximate surface area is 418 Å². The van der Waals surface area contributed by atoms with Crippen molar-refractivity contribution in [1.82, 2.24) is 0 Å². The summed E-state index contributed by atoms with van der Waals surface area (Å²) in [5.74, 6) is 0.0129. The lowest BCUT2D eigenvalue weighted by Gasteiger charge is -2.18. The van der Waals surface area contributed by atoms with E-state index in [4.69, 9.17) is 14.2 Å². The van der Waals surface area contributed by atoms with Gasteiger partial charge in [-0.15, -0.1) is 0 Å². The molecule has 6 heteroatoms. The predicted molar refractivity (Wildman–Crippen MR) is 289 cm³/mol. The first kappa shape index (κ1) is 65.4. The Hall–Kier alpha value is -1.59. The Balaban J connectivity index is 4.25. The van der Waals surface area contributed by atoms with Gasteiger partial charge in [0.05, 0.1) is 0 Å². The van der Waals surface area contributed by atoms with E-state index in [9.17, 15) is 14.4 Å². The first-order valence-corrected chi connectivity index (χ1v) is 30.4. The number of hydrogen-bond acceptors (Lipinski definition) is 6. The summed E-state index contributed by atoms with van der Waals surface area (Å²) in [6, 6.07) is 0. The van der Waals surface area contributed by atoms with Gasteiger partial charge in [-0.1, -0.05) is 310 Å². The summed E-state index contributed by atoms with van der Waals surface area (Å²) in [5.41, 5.74) is 0. The van der Waals surface area contributed by atoms with Crippen LogP contribution in [0.4, 0.5) is 0 Å². The fourth-order valence-electron chi connectivity index (χ4n) is 9.46. The molecule has 0 aromatic heterocycles. The van der Waals surface area contributed by atoms with Crippen molar-refractivity contribution < 1.29 is 28.6 Å². The van der Waals surface area contributed by atoms with Crippen molar-refractivity contribution in [3.63, 3.8) is 0 Å². The van der Waals surface area contributed by atoms with E-state index >= 15 is 0 Å². The minimum atomic E-state index is -0.762. The highest BCUT2D eigenvalue weighted by Gasteiger charge is 2.19. The Morgan fingerprint density at radius 1 is 0.284 bits per heavy atom. The highest BCUT2D eigenvalue weighted by atomic mass is 16.6. The molecule has 0 rings (SSSR count). The van der Waals surface area contributed by atoms with E-state index in [1.807, 2.05) is 0 Å². The van der Waals surface area contributed by atoms with E-state index in [-0.39, 0.29) is 31.1 Å². The molecule has 0 amide bonds. The molecule has 0 spiro atoms. The van der Waals surface area contributed by atoms with Crippen molar-refractivity contribution in [1.29, 1.82) is 0 Å². The van der Waals surface area contributed by atoms with Crippen molar-refractivity contribution in [3.8, 4) is 0 Å². The van der Waals surface area contributed by atoms with Crippen molar-refractivity contribution in [3.05, 3.63) is 0 Å². The minimum Gasteiger partial charge on any atom is -0.462 e. The molecule has 6 nitrogen and oxygen atoms in total. The van der Waals surface area contributed by atoms with Crippen LogP contribution in [0.15, 0.2) is 0 Å². The Morgan fingerprint density at radius 3 is 0.731 bits per heavy atom. The molecule has 0 saturated carbocycles. The summed E-state index contributed by atoms with van der Waals surface area (Å²) in [7, 11) is 0. The zero-order valence-corrected chi connectivity index (χ0v) is 45.9. The molecule has 0 aliphatic heterocycles. The largest absolute Gasteiger partial charge is 0.462 e. The Bertz CT molecular complexity index is 1010. The van der Waals surface area contributed by atoms with Gasteiger partial charge in [0.1, 0.15) is 13.2 Å². The quantitative estimate of drug-likeness (QED) is 0.0343. The molecule has 0 saturated heterocycles. The zero-order chi connectivity index (χ0) is 48.8. The number of hydrogen-bond donors (Lipinski definition) is 0. The summed E-state index contributed by atoms with van der Waals surface area (Å²) in [4.78, 5) is 38.2. The van der Waals surface area contributed by atoms with Crippen LogP contribution in [0.5, 0.6) is 0 Å². The first-order chi connectivity index (χ1) is 32.9. The second kappa shape index (κ2) is 55.3. The van der Waals surface area contributed by atoms with Gasteiger partial charge in [-0.05, 0) is 25.2 Å². The van der Waals surface area contributed by atoms with Gasteiger partial charge in [0.25, 0.3) is 0 Å². The lowest BCUT2D eigenvalue weighted by molar-refractivity contribution is -0.167. The van der Waals surface area contributed by atoms with E-state index in [2.05, 4.69) is 27.7 Å². The van der Waals surface area contributed by atoms with Gasteiger partial charge in [0, 0.05) is 19.3 Å². The lowest BCUT2D eigenvalue weighted by Crippen LogP contribution is -2.30. The van der Waals surface area contributed by atoms with Crippen molar-refractivity contribution in [2.45, 2.75) is 355 Å². The molecular formula is C61H118O6. The average molecular weight is 948 g/mol. The smallest absolute Gasteiger partial charge is 0.306 e. The fourth-order valence-corrected chi connectivity index (χ4v) is 9.46. The Kier molecular flexibility index (Phi) is 54.0. The third kappa shape index (κ3) is 55.2. The molecule has 67 heavy (non-hydrogen) atoms. The van der Waals surface area contributed by atoms with Crippen LogP contribution in [0.25, 0.3) is 0 Å². The normalized spacial score (nSPS) is 12.0. The molecule has 398 valence electrons. The maximum atomic E-state index is 12.8. The highest BCUT2D eigenvalue weighted by Crippen LogP contribution is 2.18. The van der Waals surface area contributed by atoms with E-state index < -0.39 is 6.10 Å². The van der Waals surface area contributed by atoms with Crippen LogP contribution in [0, 0.1) is 5.92 Å². The van der Waals surface area contributed by atoms with E-state index in [1.165, 1.54) is 244 Å². The van der Waals surface area contributed by atoms with Gasteiger partial charge in [-0.2, -0.15) is 0 Å². The predicted octanol–water partition coefficient (Wildman–Crippen LogP) is 20.2. The third-order valence-electron chi connectivity index (χ3n) is 14.0. The van der Waals surface area contributed by atoms with Crippen LogP contribution < -0.4 is 0 Å². The van der Waals surface area contributed by atoms with Gasteiger partial charge in [-0.3, -0.25) is 14.4 Å². The number of unbranched alkanes of at least 4 members (excludes halogenated alkanes) is 43. The number of ether oxygens (including phenoxy) is 3. The van der Waals surface area contributed by atoms with Gasteiger partial charge >= 0.3 is 17.9 Å². The van der Waals surface area contributed by atoms with E-state index in [1.54, 1.807) is 0 Å². The zero-order valence-electron chi connectivity index (χ0n) is 45.9. The number of rotatable bonds is 56. The molecular weight excluding hydrogens is 829 g/mol. The molecule has 0 unspecified atom stereocenters. The molecule has 0 aliphatic carbocycles. The minimum absolute atomic E-state index is 0.0615. The molecule has 0 aliphatic rings. The molecule has 0 bridgehead atoms. The van der Waals surface area contributed by atoms with Crippen LogP contribution >= 0.6 is 0 Å². The van der Waals surface area contributed by atoms with Gasteiger partial charge in [-0.25, -0.2) is 0 Å². The monoisotopic (exact) mass is 947 g/mol. The lowest BCUT2D eigenvalue weighted by atomic mass is 10.0. The summed E-state index contributed by atoms with van der Waals surface area (Å²) in [6.07, 6.45) is 61.0. The van der Waals surface area contributed by atoms with Crippen LogP contribution in [-0.2, 0) is 28.6 Å². The maximum Gasteiger partial charge on any atom is 0.306 e. The van der Waals surface area contributed by atoms with Crippen LogP contribution in [0.2, 0.25) is 0 Å². The van der Waals surface area contributed by atoms with Crippen molar-refractivity contribution >= 4 is 17.9 Å². The Morgan fingerprint density at radius 2 is 0.493 bits per heavy atom. The molecule has 0 aromatic rings. The molecule has 0 N–H and O–H groups in total. The van der Waals surface area contributed by atoms with E-state index in [0.717, 1.165) is 63.7 Å². The summed E-state index contributed by atoms with van der Waals surface area (Å²) >= 11 is 0. The van der Waals surface area contributed by atoms with Crippen molar-refractivity contribution in [2.75, 3.05) is 13.2 Å². The molecule has 1 atom stereocenters. The highest BCUT2D eigenvalue weighted by molar-refractivity contribution is 5.71. The topological polar surface area (TPSA) is 78.9 Å². The first-order valence-electron chi connectivity index (χ1n) is 30.4. The van der Waals surface area contributed by atoms with E-state index in [0.29, 0.717) is 19.3 Å². The van der Waals surface area contributed by atoms with Gasteiger partial charge < -0.3 is 14.2 Å². The van der Waals surface area contributed by atoms with Gasteiger partial charge in [0.15, 0.2) is 6.10 Å². The average Bonchev–Trinajstić information content (AvgIpc) is 3.31. The number of carbonyl (C=O) groups excluding carboxylic acids is 3. The molecule has 0 heterocycles. The molecule has 0 radical (unpaired) electrons. The summed E-state index contributed by atoms with van der Waals surface area (Å²) in [5, 5.41) is 0. The SMILES string of the molecule is CCCCCCCCCCCCCCCCCCCCCC(=O)OC[C@H](COC(=O)CCCCCCCCCCCCCCCCC(C)C)OC(=O)CCCCCCCCCCCCCCC. The summed E-state index contributed by atoms with van der Waals surface area (Å²) in [6.45, 7) is 9.08. The van der Waals surface area contributed by atoms with Gasteiger partial charge in [0.2, 0.25) is 0 Å².